The van der Waals surface area contributed by atoms with Crippen molar-refractivity contribution in [3.63, 3.8) is 0 Å². The lowest BCUT2D eigenvalue weighted by Crippen LogP contribution is -2.57. The Morgan fingerprint density at radius 3 is 0.567 bits per heavy atom. The van der Waals surface area contributed by atoms with Crippen LogP contribution in [-0.2, 0) is 31.0 Å². The van der Waals surface area contributed by atoms with Crippen LogP contribution in [0.5, 0.6) is 0 Å². The molecule has 8 aromatic rings. The lowest BCUT2D eigenvalue weighted by atomic mass is 10.1. The number of benzene rings is 8. The third-order valence-electron chi connectivity index (χ3n) is 19.4. The van der Waals surface area contributed by atoms with Crippen molar-refractivity contribution >= 4 is 99.7 Å². The number of hydrogen-bond acceptors (Lipinski definition) is 7. The molecule has 0 amide bonds. The summed E-state index contributed by atoms with van der Waals surface area (Å²) in [6.07, 6.45) is 0. The lowest BCUT2D eigenvalue weighted by Gasteiger charge is -2.33. The van der Waals surface area contributed by atoms with Crippen LogP contribution < -0.4 is 41.5 Å². The molecule has 10 rings (SSSR count). The maximum Gasteiger partial charge on any atom is 0.253 e. The summed E-state index contributed by atoms with van der Waals surface area (Å²) in [5, 5.41) is 10.8. The molecule has 0 saturated heterocycles. The third kappa shape index (κ3) is 18.9. The first-order valence-corrected chi connectivity index (χ1v) is 50.2. The van der Waals surface area contributed by atoms with E-state index in [1.54, 1.807) is 7.11 Å². The Bertz CT molecular complexity index is 2930. The predicted molar refractivity (Wildman–Crippen MR) is 409 cm³/mol. The zero-order valence-electron chi connectivity index (χ0n) is 59.5. The molecule has 90 heavy (non-hydrogen) atoms. The summed E-state index contributed by atoms with van der Waals surface area (Å²) in [6.45, 7) is 38.2. The van der Waals surface area contributed by atoms with Crippen molar-refractivity contribution in [1.82, 2.24) is 0 Å². The lowest BCUT2D eigenvalue weighted by molar-refractivity contribution is 0.378. The highest BCUT2D eigenvalue weighted by Gasteiger charge is 2.44. The molecule has 0 saturated carbocycles. The Balaban J connectivity index is 0.000000229. The molecule has 0 aliphatic carbocycles. The molecule has 0 unspecified atom stereocenters. The highest BCUT2D eigenvalue weighted by atomic mass is 28.4. The predicted octanol–water partition coefficient (Wildman–Crippen LogP) is 15.6. The maximum absolute atomic E-state index is 5.89. The number of hydrogen-bond donors (Lipinski definition) is 0. The molecule has 7 nitrogen and oxygen atoms in total. The van der Waals surface area contributed by atoms with Crippen molar-refractivity contribution in [3.8, 4) is 22.3 Å². The fraction of sp³-hybridized carbons (Fsp3) is 0.368. The average Bonchev–Trinajstić information content (AvgIpc) is 1.60. The highest BCUT2D eigenvalue weighted by Crippen LogP contribution is 2.34. The second-order valence-electron chi connectivity index (χ2n) is 26.3. The van der Waals surface area contributed by atoms with Crippen LogP contribution in [0.1, 0.15) is 55.4 Å². The minimum Gasteiger partial charge on any atom is -0.421 e. The minimum atomic E-state index is -1.98. The van der Waals surface area contributed by atoms with E-state index >= 15 is 0 Å². The van der Waals surface area contributed by atoms with Gasteiger partial charge in [0.2, 0.25) is 0 Å². The van der Waals surface area contributed by atoms with E-state index in [0.29, 0.717) is 0 Å². The normalized spacial score (nSPS) is 13.3. The Kier molecular flexibility index (Phi) is 30.4. The molecule has 486 valence electrons. The zero-order valence-corrected chi connectivity index (χ0v) is 66.5. The Labute approximate surface area is 553 Å². The summed E-state index contributed by atoms with van der Waals surface area (Å²) in [4.78, 5) is 0. The van der Waals surface area contributed by atoms with E-state index < -0.39 is 58.2 Å². The third-order valence-corrected chi connectivity index (χ3v) is 46.4. The zero-order chi connectivity index (χ0) is 67.1. The smallest absolute Gasteiger partial charge is 0.253 e. The molecule has 0 atom stereocenters. The van der Waals surface area contributed by atoms with Gasteiger partial charge in [0.1, 0.15) is 0 Å². The SMILES string of the molecule is CO[Si](C)(C(C)C)C(C)C.CO[Si](C)(C(C)C)C(C)C.CO[Si](C)(C)C.CO[Si](C)(c1ccccc1)c1ccccc1.CO[Si](C)(c1ccccc1)c1ccccc1.CO[Si]1(C)c2ccccc2-c2ccccc21.CO[Si]1(C)c2ccccc2-c2ccccc21. The van der Waals surface area contributed by atoms with Gasteiger partial charge in [0.05, 0.1) is 0 Å². The van der Waals surface area contributed by atoms with E-state index in [2.05, 4.69) is 308 Å². The van der Waals surface area contributed by atoms with Crippen molar-refractivity contribution in [2.24, 2.45) is 0 Å². The van der Waals surface area contributed by atoms with Crippen LogP contribution in [0, 0.1) is 0 Å². The molecule has 0 spiro atoms. The van der Waals surface area contributed by atoms with Gasteiger partial charge < -0.3 is 31.0 Å². The summed E-state index contributed by atoms with van der Waals surface area (Å²) in [6, 6.07) is 76.5. The Morgan fingerprint density at radius 2 is 0.433 bits per heavy atom. The fourth-order valence-corrected chi connectivity index (χ4v) is 26.9. The first kappa shape index (κ1) is 77.4. The molecule has 2 heterocycles. The molecular weight excluding hydrogens is 1220 g/mol. The largest absolute Gasteiger partial charge is 0.421 e. The van der Waals surface area contributed by atoms with Crippen molar-refractivity contribution in [2.45, 2.75) is 136 Å². The second-order valence-corrected chi connectivity index (χ2v) is 55.5. The van der Waals surface area contributed by atoms with E-state index in [0.717, 1.165) is 22.2 Å². The van der Waals surface area contributed by atoms with Gasteiger partial charge in [-0.15, -0.1) is 0 Å². The maximum atomic E-state index is 5.89. The molecule has 0 radical (unpaired) electrons. The Hall–Kier alpha value is -5.00. The number of rotatable bonds is 15. The first-order chi connectivity index (χ1) is 42.5. The van der Waals surface area contributed by atoms with Crippen LogP contribution >= 0.6 is 0 Å². The molecular formula is C76H112O7Si7. The summed E-state index contributed by atoms with van der Waals surface area (Å²) in [5.41, 5.74) is 8.30. The van der Waals surface area contributed by atoms with E-state index in [1.807, 2.05) is 66.9 Å². The molecule has 2 aliphatic heterocycles. The van der Waals surface area contributed by atoms with Gasteiger partial charge in [0.25, 0.3) is 33.3 Å². The Morgan fingerprint density at radius 1 is 0.256 bits per heavy atom. The summed E-state index contributed by atoms with van der Waals surface area (Å²) >= 11 is 0. The van der Waals surface area contributed by atoms with Crippen molar-refractivity contribution in [2.75, 3.05) is 49.8 Å². The molecule has 14 heteroatoms. The highest BCUT2D eigenvalue weighted by molar-refractivity contribution is 7.01. The van der Waals surface area contributed by atoms with Crippen LogP contribution in [0.25, 0.3) is 22.3 Å². The quantitative estimate of drug-likeness (QED) is 0.0948. The van der Waals surface area contributed by atoms with Gasteiger partial charge in [-0.2, -0.15) is 0 Å². The fourth-order valence-electron chi connectivity index (χ4n) is 11.4. The van der Waals surface area contributed by atoms with Crippen molar-refractivity contribution in [3.05, 3.63) is 218 Å². The number of fused-ring (bicyclic) bond motifs is 6. The van der Waals surface area contributed by atoms with Crippen molar-refractivity contribution < 1.29 is 31.0 Å². The van der Waals surface area contributed by atoms with Gasteiger partial charge in [-0.05, 0) is 145 Å². The molecule has 0 aromatic heterocycles. The molecule has 8 aromatic carbocycles. The van der Waals surface area contributed by atoms with Crippen LogP contribution in [0.4, 0.5) is 0 Å². The van der Waals surface area contributed by atoms with Crippen LogP contribution in [0.15, 0.2) is 218 Å². The van der Waals surface area contributed by atoms with Crippen LogP contribution in [0.3, 0.4) is 0 Å². The van der Waals surface area contributed by atoms with Gasteiger partial charge in [0.15, 0.2) is 25.0 Å². The molecule has 0 fully saturated rings. The molecule has 2 aliphatic rings. The van der Waals surface area contributed by atoms with E-state index in [9.17, 15) is 0 Å². The van der Waals surface area contributed by atoms with Crippen molar-refractivity contribution in [1.29, 1.82) is 0 Å². The van der Waals surface area contributed by atoms with Gasteiger partial charge in [0, 0.05) is 49.8 Å². The molecule has 0 bridgehead atoms. The van der Waals surface area contributed by atoms with Crippen LogP contribution in [-0.4, -0.2) is 108 Å². The standard InChI is InChI=1S/2C14H14OSi.2C14H16OSi.2C8H20OSi.C4H12OSi/c2*1-15-16(2)13-9-5-3-7-11(13)12-8-4-6-10-14(12)16;2*1-15-16(2,13-9-5-3-6-10-13)14-11-7-4-8-12-14;2*1-7(2)10(6,9-5)8(3)4;1-5-6(2,3)4/h2*3-10H,1-2H3;2*3-12H,1-2H3;2*7-8H,1-6H3;1-4H3. The van der Waals surface area contributed by atoms with Gasteiger partial charge in [-0.25, -0.2) is 0 Å². The monoisotopic (exact) mass is 1330 g/mol. The topological polar surface area (TPSA) is 64.6 Å². The average molecular weight is 1330 g/mol. The summed E-state index contributed by atoms with van der Waals surface area (Å²) < 4.78 is 39.8. The van der Waals surface area contributed by atoms with E-state index in [1.165, 1.54) is 63.7 Å². The summed E-state index contributed by atoms with van der Waals surface area (Å²) in [7, 11) is 1.14. The van der Waals surface area contributed by atoms with E-state index in [-0.39, 0.29) is 0 Å². The van der Waals surface area contributed by atoms with Gasteiger partial charge in [-0.3, -0.25) is 0 Å². The molecule has 0 N–H and O–H groups in total. The first-order valence-electron chi connectivity index (χ1n) is 32.0. The second kappa shape index (κ2) is 35.3. The van der Waals surface area contributed by atoms with E-state index in [4.69, 9.17) is 31.0 Å². The summed E-state index contributed by atoms with van der Waals surface area (Å²) in [5.74, 6) is 0. The van der Waals surface area contributed by atoms with Gasteiger partial charge >= 0.3 is 0 Å². The van der Waals surface area contributed by atoms with Gasteiger partial charge in [-0.1, -0.05) is 274 Å². The van der Waals surface area contributed by atoms with Crippen LogP contribution in [0.2, 0.25) is 81.1 Å². The minimum absolute atomic E-state index is 0.720.